The van der Waals surface area contributed by atoms with Crippen molar-refractivity contribution < 1.29 is 24.2 Å². The predicted octanol–water partition coefficient (Wildman–Crippen LogP) is 3.84. The molecule has 3 rings (SSSR count). The maximum Gasteiger partial charge on any atom is 0.295 e. The summed E-state index contributed by atoms with van der Waals surface area (Å²) in [6, 6.07) is 11.8. The van der Waals surface area contributed by atoms with Crippen molar-refractivity contribution in [2.45, 2.75) is 26.3 Å². The van der Waals surface area contributed by atoms with Gasteiger partial charge < -0.3 is 19.5 Å². The van der Waals surface area contributed by atoms with Crippen molar-refractivity contribution >= 4 is 17.4 Å². The highest BCUT2D eigenvalue weighted by Crippen LogP contribution is 2.41. The van der Waals surface area contributed by atoms with Gasteiger partial charge in [-0.05, 0) is 43.2 Å². The van der Waals surface area contributed by atoms with E-state index in [1.165, 1.54) is 12.0 Å². The highest BCUT2D eigenvalue weighted by Gasteiger charge is 2.45. The third-order valence-corrected chi connectivity index (χ3v) is 5.05. The first-order valence-corrected chi connectivity index (χ1v) is 9.50. The van der Waals surface area contributed by atoms with E-state index in [4.69, 9.17) is 9.47 Å². The summed E-state index contributed by atoms with van der Waals surface area (Å²) in [7, 11) is 3.07. The summed E-state index contributed by atoms with van der Waals surface area (Å²) in [4.78, 5) is 27.2. The van der Waals surface area contributed by atoms with Gasteiger partial charge in [0.15, 0.2) is 0 Å². The largest absolute Gasteiger partial charge is 0.507 e. The molecule has 1 aliphatic heterocycles. The zero-order valence-electron chi connectivity index (χ0n) is 17.1. The van der Waals surface area contributed by atoms with E-state index in [0.29, 0.717) is 30.0 Å². The Balaban J connectivity index is 2.22. The van der Waals surface area contributed by atoms with Crippen LogP contribution in [0.5, 0.6) is 11.5 Å². The Labute approximate surface area is 170 Å². The number of ketones is 1. The summed E-state index contributed by atoms with van der Waals surface area (Å²) < 4.78 is 10.6. The molecule has 0 spiro atoms. The van der Waals surface area contributed by atoms with Gasteiger partial charge in [-0.15, -0.1) is 0 Å². The third-order valence-electron chi connectivity index (χ3n) is 5.05. The Hall–Kier alpha value is -3.28. The molecule has 1 heterocycles. The molecule has 0 bridgehead atoms. The minimum atomic E-state index is -0.694. The van der Waals surface area contributed by atoms with Crippen LogP contribution in [0.2, 0.25) is 0 Å². The number of carbonyl (C=O) groups excluding carboxylic acids is 2. The highest BCUT2D eigenvalue weighted by atomic mass is 16.5. The van der Waals surface area contributed by atoms with Gasteiger partial charge in [-0.25, -0.2) is 0 Å². The fourth-order valence-electron chi connectivity index (χ4n) is 3.64. The zero-order chi connectivity index (χ0) is 21.1. The first kappa shape index (κ1) is 20.5. The molecule has 0 radical (unpaired) electrons. The van der Waals surface area contributed by atoms with Crippen LogP contribution in [0.1, 0.15) is 36.1 Å². The number of aliphatic hydroxyl groups is 1. The lowest BCUT2D eigenvalue weighted by Gasteiger charge is -2.25. The number of ether oxygens (including phenoxy) is 2. The van der Waals surface area contributed by atoms with Crippen LogP contribution in [0.25, 0.3) is 5.76 Å². The van der Waals surface area contributed by atoms with Crippen molar-refractivity contribution in [3.8, 4) is 11.5 Å². The summed E-state index contributed by atoms with van der Waals surface area (Å²) in [5.74, 6) is -0.436. The normalized spacial score (nSPS) is 18.2. The molecule has 2 aromatic carbocycles. The van der Waals surface area contributed by atoms with Crippen molar-refractivity contribution in [1.29, 1.82) is 0 Å². The highest BCUT2D eigenvalue weighted by molar-refractivity contribution is 6.46. The fraction of sp³-hybridized carbons (Fsp3) is 0.304. The minimum Gasteiger partial charge on any atom is -0.507 e. The average Bonchev–Trinajstić information content (AvgIpc) is 2.98. The second-order valence-corrected chi connectivity index (χ2v) is 6.97. The minimum absolute atomic E-state index is 0.0671. The number of rotatable bonds is 6. The van der Waals surface area contributed by atoms with E-state index in [-0.39, 0.29) is 11.3 Å². The van der Waals surface area contributed by atoms with Crippen molar-refractivity contribution in [3.05, 3.63) is 64.7 Å². The predicted molar refractivity (Wildman–Crippen MR) is 110 cm³/mol. The Kier molecular flexibility index (Phi) is 5.92. The summed E-state index contributed by atoms with van der Waals surface area (Å²) >= 11 is 0. The van der Waals surface area contributed by atoms with Gasteiger partial charge in [0, 0.05) is 6.54 Å². The topological polar surface area (TPSA) is 76.1 Å². The Bertz CT molecular complexity index is 962. The van der Waals surface area contributed by atoms with Crippen LogP contribution < -0.4 is 9.47 Å². The van der Waals surface area contributed by atoms with E-state index in [0.717, 1.165) is 11.1 Å². The van der Waals surface area contributed by atoms with Gasteiger partial charge in [-0.2, -0.15) is 0 Å². The number of Topliss-reactive ketones (excluding diaryl/α,β-unsaturated/α-hetero) is 1. The van der Waals surface area contributed by atoms with Crippen LogP contribution in [0.3, 0.4) is 0 Å². The molecule has 1 atom stereocenters. The molecule has 1 amide bonds. The lowest BCUT2D eigenvalue weighted by atomic mass is 9.94. The van der Waals surface area contributed by atoms with Gasteiger partial charge in [0.25, 0.3) is 11.7 Å². The smallest absolute Gasteiger partial charge is 0.295 e. The van der Waals surface area contributed by atoms with E-state index in [9.17, 15) is 14.7 Å². The Morgan fingerprint density at radius 1 is 1.07 bits per heavy atom. The monoisotopic (exact) mass is 395 g/mol. The second-order valence-electron chi connectivity index (χ2n) is 6.97. The van der Waals surface area contributed by atoms with E-state index in [1.54, 1.807) is 43.5 Å². The van der Waals surface area contributed by atoms with Gasteiger partial charge in [0.2, 0.25) is 0 Å². The quantitative estimate of drug-likeness (QED) is 0.457. The molecule has 1 fully saturated rings. The molecule has 1 aliphatic rings. The van der Waals surface area contributed by atoms with Crippen LogP contribution in [0.4, 0.5) is 0 Å². The van der Waals surface area contributed by atoms with Crippen LogP contribution in [-0.2, 0) is 9.59 Å². The van der Waals surface area contributed by atoms with Crippen molar-refractivity contribution in [2.75, 3.05) is 20.8 Å². The molecule has 0 aromatic heterocycles. The number of benzene rings is 2. The van der Waals surface area contributed by atoms with E-state index >= 15 is 0 Å². The van der Waals surface area contributed by atoms with Gasteiger partial charge in [-0.3, -0.25) is 9.59 Å². The van der Waals surface area contributed by atoms with Crippen molar-refractivity contribution in [1.82, 2.24) is 4.90 Å². The fourth-order valence-corrected chi connectivity index (χ4v) is 3.64. The molecule has 6 nitrogen and oxygen atoms in total. The molecule has 152 valence electrons. The number of methoxy groups -OCH3 is 2. The van der Waals surface area contributed by atoms with Gasteiger partial charge >= 0.3 is 0 Å². The summed E-state index contributed by atoms with van der Waals surface area (Å²) in [5.41, 5.74) is 2.08. The van der Waals surface area contributed by atoms with Crippen molar-refractivity contribution in [3.63, 3.8) is 0 Å². The maximum atomic E-state index is 12.9. The average molecular weight is 395 g/mol. The maximum absolute atomic E-state index is 12.9. The number of hydrogen-bond donors (Lipinski definition) is 1. The number of nitrogens with zero attached hydrogens (tertiary/aromatic N) is 1. The molecule has 29 heavy (non-hydrogen) atoms. The van der Waals surface area contributed by atoms with Crippen LogP contribution in [0, 0.1) is 6.92 Å². The number of aryl methyl sites for hydroxylation is 1. The van der Waals surface area contributed by atoms with Gasteiger partial charge in [-0.1, -0.05) is 30.7 Å². The molecular formula is C23H25NO5. The molecule has 0 aliphatic carbocycles. The third kappa shape index (κ3) is 3.70. The number of carbonyl (C=O) groups is 2. The lowest BCUT2D eigenvalue weighted by molar-refractivity contribution is -0.139. The molecule has 1 saturated heterocycles. The second kappa shape index (κ2) is 8.39. The summed E-state index contributed by atoms with van der Waals surface area (Å²) in [6.07, 6.45) is 0.688. The Morgan fingerprint density at radius 2 is 1.76 bits per heavy atom. The lowest BCUT2D eigenvalue weighted by Crippen LogP contribution is -2.30. The van der Waals surface area contributed by atoms with Gasteiger partial charge in [0.1, 0.15) is 17.3 Å². The number of aliphatic hydroxyl groups excluding tert-OH is 1. The SMILES string of the molecule is CCCN1C(=O)C(=O)/C(=C(/O)c2cc(C)ccc2OC)C1c1ccc(OC)cc1. The molecule has 2 aromatic rings. The van der Waals surface area contributed by atoms with Gasteiger partial charge in [0.05, 0.1) is 31.4 Å². The zero-order valence-corrected chi connectivity index (χ0v) is 17.1. The standard InChI is InChI=1S/C23H25NO5/c1-5-12-24-20(15-7-9-16(28-3)10-8-15)19(22(26)23(24)27)21(25)17-13-14(2)6-11-18(17)29-4/h6-11,13,20,25H,5,12H2,1-4H3/b21-19+. The van der Waals surface area contributed by atoms with E-state index in [2.05, 4.69) is 0 Å². The van der Waals surface area contributed by atoms with Crippen molar-refractivity contribution in [2.24, 2.45) is 0 Å². The van der Waals surface area contributed by atoms with Crippen LogP contribution in [0.15, 0.2) is 48.0 Å². The van der Waals surface area contributed by atoms with E-state index < -0.39 is 17.7 Å². The van der Waals surface area contributed by atoms with E-state index in [1.807, 2.05) is 19.9 Å². The summed E-state index contributed by atoms with van der Waals surface area (Å²) in [6.45, 7) is 4.23. The Morgan fingerprint density at radius 3 is 2.34 bits per heavy atom. The molecule has 0 saturated carbocycles. The first-order chi connectivity index (χ1) is 13.9. The summed E-state index contributed by atoms with van der Waals surface area (Å²) in [5, 5.41) is 11.1. The number of hydrogen-bond acceptors (Lipinski definition) is 5. The van der Waals surface area contributed by atoms with Crippen LogP contribution in [-0.4, -0.2) is 42.5 Å². The van der Waals surface area contributed by atoms with Crippen LogP contribution >= 0.6 is 0 Å². The molecule has 6 heteroatoms. The molecule has 1 unspecified atom stereocenters. The number of amides is 1. The molecule has 1 N–H and O–H groups in total. The first-order valence-electron chi connectivity index (χ1n) is 9.50. The molecular weight excluding hydrogens is 370 g/mol. The number of likely N-dealkylation sites (tertiary alicyclic amines) is 1.